The van der Waals surface area contributed by atoms with E-state index in [0.717, 1.165) is 12.1 Å². The molecule has 0 radical (unpaired) electrons. The Hall–Kier alpha value is -3.01. The number of carbonyl (C=O) groups excluding carboxylic acids is 1. The number of anilines is 3. The number of carbonyl (C=O) groups is 1. The van der Waals surface area contributed by atoms with Crippen LogP contribution in [0.5, 0.6) is 5.75 Å². The van der Waals surface area contributed by atoms with Crippen molar-refractivity contribution in [3.05, 3.63) is 35.5 Å². The number of aliphatic hydroxyl groups is 1. The maximum atomic E-state index is 13.3. The maximum Gasteiger partial charge on any atom is 0.249 e. The standard InChI is InChI=1S/C20H23F2N5O3/c1-9-16-18(27(3)17(10(2)28)19(29)25-16)26-20(23-9)24-11-6-13(7-11)30-12-4-5-14(21)15(22)8-12/h4-5,8,10-11,13,17,28H,6-7H2,1-3H3,(H,25,29)(H,23,24,26)/t10-,11?,13?,17-/m0/s1. The van der Waals surface area contributed by atoms with Crippen LogP contribution in [0.25, 0.3) is 0 Å². The van der Waals surface area contributed by atoms with Gasteiger partial charge >= 0.3 is 0 Å². The first-order valence-electron chi connectivity index (χ1n) is 9.71. The summed E-state index contributed by atoms with van der Waals surface area (Å²) < 4.78 is 32.0. The average molecular weight is 419 g/mol. The van der Waals surface area contributed by atoms with Crippen molar-refractivity contribution < 1.29 is 23.4 Å². The fourth-order valence-electron chi connectivity index (χ4n) is 3.78. The molecule has 4 rings (SSSR count). The fraction of sp³-hybridized carbons (Fsp3) is 0.450. The van der Waals surface area contributed by atoms with Crippen molar-refractivity contribution in [2.24, 2.45) is 0 Å². The van der Waals surface area contributed by atoms with Crippen molar-refractivity contribution in [1.29, 1.82) is 0 Å². The molecule has 1 aliphatic heterocycles. The number of aliphatic hydroxyl groups excluding tert-OH is 1. The number of nitrogens with one attached hydrogen (secondary N) is 2. The molecule has 10 heteroatoms. The highest BCUT2D eigenvalue weighted by molar-refractivity contribution is 6.03. The summed E-state index contributed by atoms with van der Waals surface area (Å²) in [6, 6.07) is 2.80. The first-order chi connectivity index (χ1) is 14.2. The third-order valence-electron chi connectivity index (χ3n) is 5.42. The molecule has 0 bridgehead atoms. The second-order valence-electron chi connectivity index (χ2n) is 7.75. The van der Waals surface area contributed by atoms with Crippen LogP contribution in [0.4, 0.5) is 26.2 Å². The largest absolute Gasteiger partial charge is 0.490 e. The van der Waals surface area contributed by atoms with Crippen LogP contribution >= 0.6 is 0 Å². The number of likely N-dealkylation sites (N-methyl/N-ethyl adjacent to an activating group) is 1. The summed E-state index contributed by atoms with van der Waals surface area (Å²) in [5.41, 5.74) is 1.14. The van der Waals surface area contributed by atoms with Crippen LogP contribution in [-0.4, -0.2) is 52.3 Å². The van der Waals surface area contributed by atoms with Gasteiger partial charge in [-0.25, -0.2) is 13.8 Å². The fourth-order valence-corrected chi connectivity index (χ4v) is 3.78. The number of aryl methyl sites for hydroxylation is 1. The highest BCUT2D eigenvalue weighted by Crippen LogP contribution is 2.34. The van der Waals surface area contributed by atoms with E-state index in [9.17, 15) is 18.7 Å². The highest BCUT2D eigenvalue weighted by Gasteiger charge is 2.37. The zero-order chi connectivity index (χ0) is 21.6. The lowest BCUT2D eigenvalue weighted by Gasteiger charge is -2.38. The van der Waals surface area contributed by atoms with Crippen LogP contribution in [0.3, 0.4) is 0 Å². The Morgan fingerprint density at radius 3 is 2.70 bits per heavy atom. The summed E-state index contributed by atoms with van der Waals surface area (Å²) in [4.78, 5) is 22.8. The van der Waals surface area contributed by atoms with E-state index in [4.69, 9.17) is 4.74 Å². The molecule has 1 aromatic carbocycles. The number of ether oxygens (including phenoxy) is 1. The van der Waals surface area contributed by atoms with Gasteiger partial charge in [-0.2, -0.15) is 4.98 Å². The summed E-state index contributed by atoms with van der Waals surface area (Å²) in [5, 5.41) is 16.0. The van der Waals surface area contributed by atoms with Gasteiger partial charge in [0.25, 0.3) is 0 Å². The molecule has 3 N–H and O–H groups in total. The molecular weight excluding hydrogens is 396 g/mol. The molecule has 1 amide bonds. The van der Waals surface area contributed by atoms with E-state index in [1.807, 2.05) is 0 Å². The number of nitrogens with zero attached hydrogens (tertiary/aromatic N) is 3. The monoisotopic (exact) mass is 419 g/mol. The Morgan fingerprint density at radius 2 is 2.03 bits per heavy atom. The van der Waals surface area contributed by atoms with Crippen molar-refractivity contribution in [3.8, 4) is 5.75 Å². The van der Waals surface area contributed by atoms with Gasteiger partial charge in [0.1, 0.15) is 23.6 Å². The minimum atomic E-state index is -0.939. The van der Waals surface area contributed by atoms with Gasteiger partial charge in [-0.05, 0) is 26.0 Å². The lowest BCUT2D eigenvalue weighted by Crippen LogP contribution is -2.52. The lowest BCUT2D eigenvalue weighted by atomic mass is 9.89. The Balaban J connectivity index is 1.41. The summed E-state index contributed by atoms with van der Waals surface area (Å²) >= 11 is 0. The van der Waals surface area contributed by atoms with Gasteiger partial charge in [0.15, 0.2) is 17.5 Å². The van der Waals surface area contributed by atoms with E-state index in [0.29, 0.717) is 41.7 Å². The normalized spacial score (nSPS) is 23.9. The Labute approximate surface area is 172 Å². The Bertz CT molecular complexity index is 981. The summed E-state index contributed by atoms with van der Waals surface area (Å²) in [5.74, 6) is -0.914. The minimum absolute atomic E-state index is 0.0637. The van der Waals surface area contributed by atoms with Crippen LogP contribution in [-0.2, 0) is 4.79 Å². The van der Waals surface area contributed by atoms with Gasteiger partial charge in [0.05, 0.1) is 11.8 Å². The second-order valence-corrected chi connectivity index (χ2v) is 7.75. The molecule has 2 heterocycles. The molecule has 8 nitrogen and oxygen atoms in total. The Kier molecular flexibility index (Phi) is 5.19. The van der Waals surface area contributed by atoms with Gasteiger partial charge in [0.2, 0.25) is 11.9 Å². The number of amides is 1. The predicted molar refractivity (Wildman–Crippen MR) is 107 cm³/mol. The van der Waals surface area contributed by atoms with Gasteiger partial charge in [-0.3, -0.25) is 4.79 Å². The van der Waals surface area contributed by atoms with Crippen molar-refractivity contribution >= 4 is 23.4 Å². The number of hydrogen-bond donors (Lipinski definition) is 3. The highest BCUT2D eigenvalue weighted by atomic mass is 19.2. The average Bonchev–Trinajstić information content (AvgIpc) is 2.63. The van der Waals surface area contributed by atoms with E-state index in [1.165, 1.54) is 6.07 Å². The first kappa shape index (κ1) is 20.3. The number of aromatic nitrogens is 2. The summed E-state index contributed by atoms with van der Waals surface area (Å²) in [6.07, 6.45) is 0.325. The first-order valence-corrected chi connectivity index (χ1v) is 9.71. The lowest BCUT2D eigenvalue weighted by molar-refractivity contribution is -0.119. The van der Waals surface area contributed by atoms with E-state index >= 15 is 0 Å². The maximum absolute atomic E-state index is 13.3. The van der Waals surface area contributed by atoms with Crippen LogP contribution < -0.4 is 20.3 Å². The van der Waals surface area contributed by atoms with E-state index in [1.54, 1.807) is 25.8 Å². The van der Waals surface area contributed by atoms with Crippen LogP contribution in [0.15, 0.2) is 18.2 Å². The van der Waals surface area contributed by atoms with Gasteiger partial charge in [-0.1, -0.05) is 0 Å². The van der Waals surface area contributed by atoms with Gasteiger partial charge in [-0.15, -0.1) is 0 Å². The van der Waals surface area contributed by atoms with Crippen LogP contribution in [0.2, 0.25) is 0 Å². The zero-order valence-corrected chi connectivity index (χ0v) is 16.8. The number of benzene rings is 1. The summed E-state index contributed by atoms with van der Waals surface area (Å²) in [6.45, 7) is 3.33. The molecule has 0 unspecified atom stereocenters. The van der Waals surface area contributed by atoms with Crippen molar-refractivity contribution in [3.63, 3.8) is 0 Å². The molecule has 1 aliphatic carbocycles. The SMILES string of the molecule is Cc1nc(NC2CC(Oc3ccc(F)c(F)c3)C2)nc2c1NC(=O)[C@H]([C@H](C)O)N2C. The van der Waals surface area contributed by atoms with Gasteiger partial charge in [0, 0.05) is 32.0 Å². The molecule has 1 saturated carbocycles. The number of fused-ring (bicyclic) bond motifs is 1. The topological polar surface area (TPSA) is 99.6 Å². The molecule has 0 spiro atoms. The van der Waals surface area contributed by atoms with Crippen molar-refractivity contribution in [2.45, 2.75) is 51.0 Å². The van der Waals surface area contributed by atoms with Crippen molar-refractivity contribution in [1.82, 2.24) is 9.97 Å². The summed E-state index contributed by atoms with van der Waals surface area (Å²) in [7, 11) is 1.71. The van der Waals surface area contributed by atoms with E-state index < -0.39 is 23.8 Å². The molecule has 2 atom stereocenters. The molecule has 2 aromatic rings. The number of halogens is 2. The van der Waals surface area contributed by atoms with Gasteiger partial charge < -0.3 is 25.4 Å². The van der Waals surface area contributed by atoms with E-state index in [-0.39, 0.29) is 18.1 Å². The molecule has 160 valence electrons. The second kappa shape index (κ2) is 7.67. The molecule has 1 aromatic heterocycles. The number of hydrogen-bond acceptors (Lipinski definition) is 7. The molecular formula is C20H23F2N5O3. The minimum Gasteiger partial charge on any atom is -0.490 e. The molecule has 30 heavy (non-hydrogen) atoms. The quantitative estimate of drug-likeness (QED) is 0.683. The van der Waals surface area contributed by atoms with Crippen LogP contribution in [0.1, 0.15) is 25.5 Å². The van der Waals surface area contributed by atoms with Crippen LogP contribution in [0, 0.1) is 18.6 Å². The molecule has 2 aliphatic rings. The predicted octanol–water partition coefficient (Wildman–Crippen LogP) is 2.22. The Morgan fingerprint density at radius 1 is 1.30 bits per heavy atom. The van der Waals surface area contributed by atoms with E-state index in [2.05, 4.69) is 20.6 Å². The molecule has 0 saturated heterocycles. The zero-order valence-electron chi connectivity index (χ0n) is 16.8. The number of rotatable bonds is 5. The third kappa shape index (κ3) is 3.74. The van der Waals surface area contributed by atoms with Crippen molar-refractivity contribution in [2.75, 3.05) is 22.6 Å². The smallest absolute Gasteiger partial charge is 0.249 e. The molecule has 1 fully saturated rings. The third-order valence-corrected chi connectivity index (χ3v) is 5.42.